The number of fused-ring (bicyclic) bond motifs is 1. The van der Waals surface area contributed by atoms with Gasteiger partial charge in [0.2, 0.25) is 0 Å². The first-order valence-electron chi connectivity index (χ1n) is 9.48. The second kappa shape index (κ2) is 9.14. The number of carbonyl (C=O) groups excluding carboxylic acids is 1. The van der Waals surface area contributed by atoms with Crippen molar-refractivity contribution in [1.82, 2.24) is 15.2 Å². The van der Waals surface area contributed by atoms with Crippen LogP contribution in [0, 0.1) is 5.92 Å². The van der Waals surface area contributed by atoms with Gasteiger partial charge in [0.25, 0.3) is 11.5 Å². The summed E-state index contributed by atoms with van der Waals surface area (Å²) in [6.07, 6.45) is 2.54. The first-order valence-corrected chi connectivity index (χ1v) is 9.48. The summed E-state index contributed by atoms with van der Waals surface area (Å²) < 4.78 is 6.84. The lowest BCUT2D eigenvalue weighted by Crippen LogP contribution is -2.27. The van der Waals surface area contributed by atoms with Crippen LogP contribution in [0.5, 0.6) is 5.75 Å². The fraction of sp³-hybridized carbons (Fsp3) is 0.273. The summed E-state index contributed by atoms with van der Waals surface area (Å²) in [4.78, 5) is 24.7. The van der Waals surface area contributed by atoms with Crippen LogP contribution in [0.15, 0.2) is 58.4 Å². The second-order valence-electron chi connectivity index (χ2n) is 7.12. The average molecular weight is 392 g/mol. The summed E-state index contributed by atoms with van der Waals surface area (Å²) in [6, 6.07) is 14.3. The fourth-order valence-electron chi connectivity index (χ4n) is 2.75. The number of aryl methyl sites for hydroxylation is 1. The highest BCUT2D eigenvalue weighted by atomic mass is 16.5. The number of nitrogens with zero attached hydrogens (tertiary/aromatic N) is 3. The van der Waals surface area contributed by atoms with Crippen LogP contribution < -0.4 is 15.7 Å². The number of rotatable bonds is 7. The first kappa shape index (κ1) is 20.3. The molecule has 1 aromatic heterocycles. The van der Waals surface area contributed by atoms with Crippen molar-refractivity contribution in [1.29, 1.82) is 0 Å². The molecule has 1 heterocycles. The summed E-state index contributed by atoms with van der Waals surface area (Å²) in [5, 5.41) is 9.01. The van der Waals surface area contributed by atoms with Gasteiger partial charge < -0.3 is 4.74 Å². The van der Waals surface area contributed by atoms with E-state index in [9.17, 15) is 9.59 Å². The van der Waals surface area contributed by atoms with Gasteiger partial charge in [-0.2, -0.15) is 10.2 Å². The molecule has 0 saturated carbocycles. The van der Waals surface area contributed by atoms with Crippen molar-refractivity contribution >= 4 is 22.9 Å². The van der Waals surface area contributed by atoms with Crippen LogP contribution in [-0.2, 0) is 7.05 Å². The van der Waals surface area contributed by atoms with Crippen molar-refractivity contribution in [3.8, 4) is 5.75 Å². The molecule has 0 saturated heterocycles. The maximum absolute atomic E-state index is 12.5. The Bertz CT molecular complexity index is 1090. The Morgan fingerprint density at radius 1 is 1.17 bits per heavy atom. The predicted octanol–water partition coefficient (Wildman–Crippen LogP) is 3.12. The Hall–Kier alpha value is -3.48. The van der Waals surface area contributed by atoms with Crippen LogP contribution >= 0.6 is 0 Å². The number of amides is 1. The van der Waals surface area contributed by atoms with E-state index >= 15 is 0 Å². The van der Waals surface area contributed by atoms with Crippen LogP contribution in [0.4, 0.5) is 0 Å². The molecule has 150 valence electrons. The van der Waals surface area contributed by atoms with E-state index in [-0.39, 0.29) is 11.3 Å². The van der Waals surface area contributed by atoms with Crippen molar-refractivity contribution in [3.63, 3.8) is 0 Å². The Balaban J connectivity index is 1.67. The summed E-state index contributed by atoms with van der Waals surface area (Å²) in [6.45, 7) is 5.00. The molecule has 3 rings (SSSR count). The van der Waals surface area contributed by atoms with E-state index < -0.39 is 5.91 Å². The summed E-state index contributed by atoms with van der Waals surface area (Å²) in [5.74, 6) is 0.915. The van der Waals surface area contributed by atoms with E-state index in [1.54, 1.807) is 30.5 Å². The third-order valence-corrected chi connectivity index (χ3v) is 4.40. The van der Waals surface area contributed by atoms with Gasteiger partial charge in [0, 0.05) is 12.4 Å². The largest absolute Gasteiger partial charge is 0.494 e. The molecule has 0 spiro atoms. The molecule has 29 heavy (non-hydrogen) atoms. The Morgan fingerprint density at radius 2 is 1.86 bits per heavy atom. The minimum Gasteiger partial charge on any atom is -0.494 e. The van der Waals surface area contributed by atoms with E-state index in [1.807, 2.05) is 24.3 Å². The number of hydrogen-bond donors (Lipinski definition) is 1. The predicted molar refractivity (Wildman–Crippen MR) is 113 cm³/mol. The lowest BCUT2D eigenvalue weighted by Gasteiger charge is -2.08. The average Bonchev–Trinajstić information content (AvgIpc) is 2.71. The summed E-state index contributed by atoms with van der Waals surface area (Å²) in [5.41, 5.74) is 3.18. The molecule has 1 N–H and O–H groups in total. The van der Waals surface area contributed by atoms with Crippen molar-refractivity contribution < 1.29 is 9.53 Å². The number of ether oxygens (including phenoxy) is 1. The highest BCUT2D eigenvalue weighted by Crippen LogP contribution is 2.14. The molecule has 0 unspecified atom stereocenters. The molecule has 1 amide bonds. The zero-order chi connectivity index (χ0) is 20.8. The third kappa shape index (κ3) is 5.07. The SMILES string of the molecule is CC(C)CCOc1ccc(/C=N\NC(=O)c2nn(C)c(=O)c3ccccc23)cc1. The third-order valence-electron chi connectivity index (χ3n) is 4.40. The topological polar surface area (TPSA) is 85.6 Å². The Kier molecular flexibility index (Phi) is 6.39. The molecular formula is C22H24N4O3. The van der Waals surface area contributed by atoms with Gasteiger partial charge in [-0.15, -0.1) is 0 Å². The number of nitrogens with one attached hydrogen (secondary N) is 1. The molecule has 7 nitrogen and oxygen atoms in total. The van der Waals surface area contributed by atoms with Gasteiger partial charge in [-0.05, 0) is 48.2 Å². The zero-order valence-electron chi connectivity index (χ0n) is 16.8. The van der Waals surface area contributed by atoms with E-state index in [4.69, 9.17) is 4.74 Å². The monoisotopic (exact) mass is 392 g/mol. The Morgan fingerprint density at radius 3 is 2.55 bits per heavy atom. The first-order chi connectivity index (χ1) is 14.0. The molecule has 0 aliphatic rings. The molecule has 0 bridgehead atoms. The molecule has 3 aromatic rings. The number of carbonyl (C=O) groups is 1. The molecule has 0 fully saturated rings. The number of hydrogen-bond acceptors (Lipinski definition) is 5. The minimum atomic E-state index is -0.485. The quantitative estimate of drug-likeness (QED) is 0.494. The smallest absolute Gasteiger partial charge is 0.292 e. The number of aromatic nitrogens is 2. The van der Waals surface area contributed by atoms with E-state index in [1.165, 1.54) is 7.05 Å². The maximum Gasteiger partial charge on any atom is 0.292 e. The lowest BCUT2D eigenvalue weighted by atomic mass is 10.1. The number of benzene rings is 2. The van der Waals surface area contributed by atoms with Crippen molar-refractivity contribution in [2.75, 3.05) is 6.61 Å². The standard InChI is InChI=1S/C22H24N4O3/c1-15(2)12-13-29-17-10-8-16(9-11-17)14-23-24-21(27)20-18-6-4-5-7-19(18)22(28)26(3)25-20/h4-11,14-15H,12-13H2,1-3H3,(H,24,27)/b23-14-. The molecule has 7 heteroatoms. The van der Waals surface area contributed by atoms with E-state index in [0.29, 0.717) is 23.3 Å². The maximum atomic E-state index is 12.5. The zero-order valence-corrected chi connectivity index (χ0v) is 16.8. The molecule has 0 radical (unpaired) electrons. The van der Waals surface area contributed by atoms with Crippen LogP contribution in [0.3, 0.4) is 0 Å². The molecule has 0 atom stereocenters. The van der Waals surface area contributed by atoms with Gasteiger partial charge in [0.1, 0.15) is 5.75 Å². The Labute approximate surface area is 169 Å². The van der Waals surface area contributed by atoms with Crippen molar-refractivity contribution in [2.24, 2.45) is 18.1 Å². The van der Waals surface area contributed by atoms with Crippen LogP contribution in [0.2, 0.25) is 0 Å². The van der Waals surface area contributed by atoms with Crippen LogP contribution in [0.1, 0.15) is 36.3 Å². The van der Waals surface area contributed by atoms with Gasteiger partial charge in [-0.1, -0.05) is 32.0 Å². The van der Waals surface area contributed by atoms with E-state index in [2.05, 4.69) is 29.5 Å². The molecule has 2 aromatic carbocycles. The highest BCUT2D eigenvalue weighted by molar-refractivity contribution is 6.04. The lowest BCUT2D eigenvalue weighted by molar-refractivity contribution is 0.0950. The van der Waals surface area contributed by atoms with E-state index in [0.717, 1.165) is 22.4 Å². The summed E-state index contributed by atoms with van der Waals surface area (Å²) >= 11 is 0. The van der Waals surface area contributed by atoms with Gasteiger partial charge in [-0.25, -0.2) is 10.1 Å². The molecule has 0 aliphatic heterocycles. The van der Waals surface area contributed by atoms with Gasteiger partial charge >= 0.3 is 0 Å². The van der Waals surface area contributed by atoms with Gasteiger partial charge in [0.15, 0.2) is 5.69 Å². The van der Waals surface area contributed by atoms with Gasteiger partial charge in [0.05, 0.1) is 18.2 Å². The fourth-order valence-corrected chi connectivity index (χ4v) is 2.75. The van der Waals surface area contributed by atoms with Crippen LogP contribution in [0.25, 0.3) is 10.8 Å². The number of hydrazone groups is 1. The molecule has 0 aliphatic carbocycles. The molecular weight excluding hydrogens is 368 g/mol. The van der Waals surface area contributed by atoms with Gasteiger partial charge in [-0.3, -0.25) is 9.59 Å². The highest BCUT2D eigenvalue weighted by Gasteiger charge is 2.14. The van der Waals surface area contributed by atoms with Crippen molar-refractivity contribution in [3.05, 3.63) is 70.1 Å². The van der Waals surface area contributed by atoms with Crippen molar-refractivity contribution in [2.45, 2.75) is 20.3 Å². The second-order valence-corrected chi connectivity index (χ2v) is 7.12. The van der Waals surface area contributed by atoms with Crippen LogP contribution in [-0.4, -0.2) is 28.5 Å². The normalized spacial score (nSPS) is 11.3. The minimum absolute atomic E-state index is 0.147. The summed E-state index contributed by atoms with van der Waals surface area (Å²) in [7, 11) is 1.51.